The lowest BCUT2D eigenvalue weighted by atomic mass is 10.1. The van der Waals surface area contributed by atoms with Crippen LogP contribution < -0.4 is 4.74 Å². The fourth-order valence-corrected chi connectivity index (χ4v) is 3.50. The second kappa shape index (κ2) is 6.70. The van der Waals surface area contributed by atoms with E-state index in [2.05, 4.69) is 9.88 Å². The highest BCUT2D eigenvalue weighted by atomic mass is 16.6. The van der Waals surface area contributed by atoms with Crippen LogP contribution in [0.25, 0.3) is 17.1 Å². The Balaban J connectivity index is 1.62. The van der Waals surface area contributed by atoms with E-state index in [1.807, 2.05) is 30.3 Å². The average Bonchev–Trinajstić information content (AvgIpc) is 3.07. The van der Waals surface area contributed by atoms with Gasteiger partial charge >= 0.3 is 0 Å². The van der Waals surface area contributed by atoms with Crippen molar-refractivity contribution >= 4 is 5.69 Å². The lowest BCUT2D eigenvalue weighted by Crippen LogP contribution is -2.35. The summed E-state index contributed by atoms with van der Waals surface area (Å²) in [6, 6.07) is 11.0. The number of nitrogens with zero attached hydrogens (tertiary/aromatic N) is 5. The van der Waals surface area contributed by atoms with E-state index in [-0.39, 0.29) is 5.69 Å². The van der Waals surface area contributed by atoms with Gasteiger partial charge in [0.15, 0.2) is 11.6 Å². The summed E-state index contributed by atoms with van der Waals surface area (Å²) in [5, 5.41) is 15.9. The molecule has 2 aliphatic rings. The zero-order valence-corrected chi connectivity index (χ0v) is 14.9. The molecular formula is C19H17N5O4. The number of benzene rings is 1. The Labute approximate surface area is 160 Å². The molecule has 1 aromatic carbocycles. The summed E-state index contributed by atoms with van der Waals surface area (Å²) in [7, 11) is 0. The predicted molar refractivity (Wildman–Crippen MR) is 99.6 cm³/mol. The molecule has 2 aromatic heterocycles. The van der Waals surface area contributed by atoms with Crippen LogP contribution in [0.5, 0.6) is 11.5 Å². The van der Waals surface area contributed by atoms with Gasteiger partial charge in [0.25, 0.3) is 5.69 Å². The molecule has 28 heavy (non-hydrogen) atoms. The van der Waals surface area contributed by atoms with E-state index in [9.17, 15) is 10.1 Å². The molecule has 9 nitrogen and oxygen atoms in total. The van der Waals surface area contributed by atoms with Crippen molar-refractivity contribution < 1.29 is 14.4 Å². The molecule has 4 heterocycles. The number of hydrogen-bond donors (Lipinski definition) is 0. The van der Waals surface area contributed by atoms with Gasteiger partial charge in [0.1, 0.15) is 11.9 Å². The van der Waals surface area contributed by atoms with Gasteiger partial charge < -0.3 is 9.47 Å². The Bertz CT molecular complexity index is 1060. The third kappa shape index (κ3) is 2.90. The van der Waals surface area contributed by atoms with Gasteiger partial charge in [0.05, 0.1) is 35.6 Å². The van der Waals surface area contributed by atoms with Crippen LogP contribution in [0.3, 0.4) is 0 Å². The molecule has 0 saturated carbocycles. The van der Waals surface area contributed by atoms with Crippen LogP contribution in [0, 0.1) is 10.1 Å². The normalized spacial score (nSPS) is 15.7. The highest BCUT2D eigenvalue weighted by Crippen LogP contribution is 2.41. The molecule has 0 aliphatic carbocycles. The van der Waals surface area contributed by atoms with Crippen LogP contribution >= 0.6 is 0 Å². The highest BCUT2D eigenvalue weighted by Gasteiger charge is 2.26. The summed E-state index contributed by atoms with van der Waals surface area (Å²) in [4.78, 5) is 17.3. The first kappa shape index (κ1) is 16.8. The van der Waals surface area contributed by atoms with Crippen LogP contribution in [0.1, 0.15) is 5.69 Å². The molecule has 0 radical (unpaired) electrons. The molecule has 2 aliphatic heterocycles. The summed E-state index contributed by atoms with van der Waals surface area (Å²) in [6.07, 6.45) is 1.23. The summed E-state index contributed by atoms with van der Waals surface area (Å²) < 4.78 is 13.1. The molecule has 1 saturated heterocycles. The largest absolute Gasteiger partial charge is 0.452 e. The first-order valence-electron chi connectivity index (χ1n) is 9.00. The fourth-order valence-electron chi connectivity index (χ4n) is 3.50. The first-order chi connectivity index (χ1) is 13.7. The van der Waals surface area contributed by atoms with E-state index in [4.69, 9.17) is 14.6 Å². The monoisotopic (exact) mass is 379 g/mol. The third-order valence-corrected chi connectivity index (χ3v) is 4.86. The van der Waals surface area contributed by atoms with Gasteiger partial charge in [0.2, 0.25) is 0 Å². The Kier molecular flexibility index (Phi) is 4.03. The van der Waals surface area contributed by atoms with Gasteiger partial charge in [-0.15, -0.1) is 0 Å². The molecule has 1 fully saturated rings. The molecule has 3 aromatic rings. The second-order valence-corrected chi connectivity index (χ2v) is 6.69. The Morgan fingerprint density at radius 2 is 1.96 bits per heavy atom. The van der Waals surface area contributed by atoms with E-state index >= 15 is 0 Å². The molecule has 0 bridgehead atoms. The zero-order valence-electron chi connectivity index (χ0n) is 14.9. The maximum atomic E-state index is 11.2. The van der Waals surface area contributed by atoms with Gasteiger partial charge in [-0.2, -0.15) is 5.10 Å². The summed E-state index contributed by atoms with van der Waals surface area (Å²) >= 11 is 0. The lowest BCUT2D eigenvalue weighted by molar-refractivity contribution is -0.385. The molecule has 0 spiro atoms. The number of rotatable bonds is 3. The molecule has 142 valence electrons. The minimum atomic E-state index is -0.485. The van der Waals surface area contributed by atoms with Crippen LogP contribution in [-0.4, -0.2) is 50.9 Å². The van der Waals surface area contributed by atoms with Crippen molar-refractivity contribution in [3.05, 3.63) is 58.4 Å². The molecule has 0 unspecified atom stereocenters. The number of fused-ring (bicyclic) bond motifs is 5. The number of aromatic nitrogens is 3. The second-order valence-electron chi connectivity index (χ2n) is 6.69. The van der Waals surface area contributed by atoms with Gasteiger partial charge in [-0.1, -0.05) is 12.1 Å². The quantitative estimate of drug-likeness (QED) is 0.399. The van der Waals surface area contributed by atoms with Crippen molar-refractivity contribution in [2.75, 3.05) is 26.3 Å². The van der Waals surface area contributed by atoms with Gasteiger partial charge in [-0.3, -0.25) is 15.0 Å². The number of morpholine rings is 1. The molecule has 0 atom stereocenters. The topological polar surface area (TPSA) is 95.6 Å². The summed E-state index contributed by atoms with van der Waals surface area (Å²) in [5.74, 6) is 1.36. The number of ether oxygens (including phenoxy) is 2. The van der Waals surface area contributed by atoms with Crippen molar-refractivity contribution in [1.29, 1.82) is 0 Å². The zero-order chi connectivity index (χ0) is 19.1. The predicted octanol–water partition coefficient (Wildman–Crippen LogP) is 2.78. The lowest BCUT2D eigenvalue weighted by Gasteiger charge is -2.25. The minimum Gasteiger partial charge on any atom is -0.452 e. The van der Waals surface area contributed by atoms with E-state index in [1.165, 1.54) is 12.3 Å². The van der Waals surface area contributed by atoms with Gasteiger partial charge in [-0.25, -0.2) is 9.67 Å². The van der Waals surface area contributed by atoms with Crippen molar-refractivity contribution in [3.8, 4) is 28.6 Å². The van der Waals surface area contributed by atoms with E-state index in [0.717, 1.165) is 43.3 Å². The van der Waals surface area contributed by atoms with E-state index in [0.29, 0.717) is 23.9 Å². The Morgan fingerprint density at radius 1 is 1.14 bits per heavy atom. The summed E-state index contributed by atoms with van der Waals surface area (Å²) in [5.41, 5.74) is 2.49. The van der Waals surface area contributed by atoms with E-state index < -0.39 is 4.92 Å². The first-order valence-corrected chi connectivity index (χ1v) is 9.00. The Hall–Kier alpha value is -3.30. The van der Waals surface area contributed by atoms with Crippen LogP contribution in [-0.2, 0) is 11.3 Å². The van der Waals surface area contributed by atoms with Crippen LogP contribution in [0.4, 0.5) is 5.69 Å². The van der Waals surface area contributed by atoms with Crippen molar-refractivity contribution in [2.24, 2.45) is 0 Å². The standard InChI is InChI=1S/C19H17N5O4/c25-24(26)14-10-18-19(20-11-14)23-16(15-3-1-2-4-17(15)28-18)9-13(21-23)12-22-5-7-27-8-6-22/h1-4,9-11H,5-8,12H2. The van der Waals surface area contributed by atoms with Crippen LogP contribution in [0.15, 0.2) is 42.6 Å². The highest BCUT2D eigenvalue weighted by molar-refractivity contribution is 5.72. The molecule has 9 heteroatoms. The summed E-state index contributed by atoms with van der Waals surface area (Å²) in [6.45, 7) is 3.87. The molecular weight excluding hydrogens is 362 g/mol. The smallest absolute Gasteiger partial charge is 0.291 e. The molecule has 0 amide bonds. The van der Waals surface area contributed by atoms with Gasteiger partial charge in [0, 0.05) is 25.2 Å². The maximum Gasteiger partial charge on any atom is 0.291 e. The van der Waals surface area contributed by atoms with Crippen molar-refractivity contribution in [2.45, 2.75) is 6.54 Å². The molecule has 0 N–H and O–H groups in total. The average molecular weight is 379 g/mol. The number of pyridine rings is 1. The molecule has 5 rings (SSSR count). The fraction of sp³-hybridized carbons (Fsp3) is 0.263. The minimum absolute atomic E-state index is 0.125. The van der Waals surface area contributed by atoms with Crippen molar-refractivity contribution in [3.63, 3.8) is 0 Å². The number of nitro groups is 1. The number of para-hydroxylation sites is 1. The van der Waals surface area contributed by atoms with Crippen molar-refractivity contribution in [1.82, 2.24) is 19.7 Å². The maximum absolute atomic E-state index is 11.2. The number of hydrogen-bond acceptors (Lipinski definition) is 7. The van der Waals surface area contributed by atoms with Crippen LogP contribution in [0.2, 0.25) is 0 Å². The Morgan fingerprint density at radius 3 is 2.79 bits per heavy atom. The SMILES string of the molecule is O=[N+]([O-])c1cnc2c(c1)Oc1ccccc1-c1cc(CN3CCOCC3)nn1-2. The van der Waals surface area contributed by atoms with Gasteiger partial charge in [-0.05, 0) is 18.2 Å². The third-order valence-electron chi connectivity index (χ3n) is 4.86. The van der Waals surface area contributed by atoms with E-state index in [1.54, 1.807) is 4.68 Å².